The molecule has 0 bridgehead atoms. The van der Waals surface area contributed by atoms with Crippen molar-refractivity contribution in [3.05, 3.63) is 0 Å². The summed E-state index contributed by atoms with van der Waals surface area (Å²) in [7, 11) is 1.17. The predicted octanol–water partition coefficient (Wildman–Crippen LogP) is -0.804. The van der Waals surface area contributed by atoms with E-state index in [0.29, 0.717) is 0 Å². The molecule has 1 saturated heterocycles. The van der Waals surface area contributed by atoms with E-state index in [0.717, 1.165) is 0 Å². The molecule has 2 N–H and O–H groups in total. The summed E-state index contributed by atoms with van der Waals surface area (Å²) in [5.41, 5.74) is -1.28. The minimum absolute atomic E-state index is 0.0164. The largest absolute Gasteiger partial charge is 0.479 e. The van der Waals surface area contributed by atoms with Gasteiger partial charge >= 0.3 is 12.1 Å². The fourth-order valence-electron chi connectivity index (χ4n) is 0.802. The quantitative estimate of drug-likeness (QED) is 0.573. The first kappa shape index (κ1) is 8.79. The summed E-state index contributed by atoms with van der Waals surface area (Å²) in [5, 5.41) is 10.9. The first-order valence-electron chi connectivity index (χ1n) is 3.28. The molecule has 1 heterocycles. The Balaban J connectivity index is 2.56. The van der Waals surface area contributed by atoms with Crippen LogP contribution in [0.1, 0.15) is 0 Å². The second kappa shape index (κ2) is 2.98. The van der Waals surface area contributed by atoms with Crippen LogP contribution in [-0.4, -0.2) is 43.0 Å². The van der Waals surface area contributed by atoms with Crippen LogP contribution in [0.2, 0.25) is 0 Å². The van der Waals surface area contributed by atoms with Crippen molar-refractivity contribution in [1.82, 2.24) is 5.32 Å². The fraction of sp³-hybridized carbons (Fsp3) is 0.667. The molecule has 0 unspecified atom stereocenters. The molecule has 0 saturated carbocycles. The molecule has 1 aliphatic heterocycles. The highest BCUT2D eigenvalue weighted by molar-refractivity contribution is 5.85. The molecule has 0 aromatic heterocycles. The zero-order valence-electron chi connectivity index (χ0n) is 6.49. The molecule has 0 aromatic rings. The summed E-state index contributed by atoms with van der Waals surface area (Å²) in [6.45, 7) is -0.0329. The van der Waals surface area contributed by atoms with Crippen molar-refractivity contribution >= 4 is 12.1 Å². The number of carbonyl (C=O) groups is 2. The Morgan fingerprint density at radius 2 is 2.17 bits per heavy atom. The van der Waals surface area contributed by atoms with Gasteiger partial charge in [-0.25, -0.2) is 9.59 Å². The number of hydrogen-bond acceptors (Lipinski definition) is 4. The molecule has 1 fully saturated rings. The Bertz CT molecular complexity index is 210. The van der Waals surface area contributed by atoms with Crippen molar-refractivity contribution in [2.75, 3.05) is 20.3 Å². The van der Waals surface area contributed by atoms with Gasteiger partial charge in [-0.1, -0.05) is 0 Å². The van der Waals surface area contributed by atoms with Crippen LogP contribution in [0, 0.1) is 0 Å². The van der Waals surface area contributed by atoms with E-state index >= 15 is 0 Å². The number of amides is 1. The van der Waals surface area contributed by atoms with E-state index in [4.69, 9.17) is 9.84 Å². The number of carboxylic acid groups (broad SMARTS) is 1. The van der Waals surface area contributed by atoms with Gasteiger partial charge in [-0.05, 0) is 0 Å². The van der Waals surface area contributed by atoms with Crippen LogP contribution in [0.15, 0.2) is 0 Å². The number of alkyl carbamates (subject to hydrolysis) is 1. The topological polar surface area (TPSA) is 84.9 Å². The van der Waals surface area contributed by atoms with Crippen LogP contribution in [0.3, 0.4) is 0 Å². The standard InChI is InChI=1S/C6H9NO5/c1-11-5(10)7-6(4(8)9)2-12-3-6/h2-3H2,1H3,(H,7,10)(H,8,9). The molecule has 68 valence electrons. The lowest BCUT2D eigenvalue weighted by molar-refractivity contribution is -0.164. The van der Waals surface area contributed by atoms with E-state index in [1.807, 2.05) is 0 Å². The summed E-state index contributed by atoms with van der Waals surface area (Å²) in [4.78, 5) is 21.3. The van der Waals surface area contributed by atoms with Crippen LogP contribution in [0.5, 0.6) is 0 Å². The number of carboxylic acids is 1. The Labute approximate surface area is 68.5 Å². The number of aliphatic carboxylic acids is 1. The summed E-state index contributed by atoms with van der Waals surface area (Å²) in [5.74, 6) is -1.11. The van der Waals surface area contributed by atoms with Gasteiger partial charge in [-0.3, -0.25) is 0 Å². The van der Waals surface area contributed by atoms with Crippen LogP contribution >= 0.6 is 0 Å². The van der Waals surface area contributed by atoms with E-state index in [1.54, 1.807) is 0 Å². The molecule has 0 radical (unpaired) electrons. The van der Waals surface area contributed by atoms with E-state index in [1.165, 1.54) is 7.11 Å². The van der Waals surface area contributed by atoms with Gasteiger partial charge in [0.05, 0.1) is 20.3 Å². The first-order chi connectivity index (χ1) is 5.60. The van der Waals surface area contributed by atoms with Gasteiger partial charge in [0.25, 0.3) is 0 Å². The second-order valence-electron chi connectivity index (χ2n) is 2.50. The van der Waals surface area contributed by atoms with Gasteiger partial charge in [-0.2, -0.15) is 0 Å². The average molecular weight is 175 g/mol. The summed E-state index contributed by atoms with van der Waals surface area (Å²) >= 11 is 0. The minimum atomic E-state index is -1.28. The molecule has 1 amide bonds. The maximum Gasteiger partial charge on any atom is 0.407 e. The van der Waals surface area contributed by atoms with E-state index < -0.39 is 17.6 Å². The third-order valence-electron chi connectivity index (χ3n) is 1.63. The van der Waals surface area contributed by atoms with Crippen LogP contribution in [0.25, 0.3) is 0 Å². The van der Waals surface area contributed by atoms with Crippen molar-refractivity contribution in [3.63, 3.8) is 0 Å². The summed E-state index contributed by atoms with van der Waals surface area (Å²) in [6, 6.07) is 0. The maximum atomic E-state index is 10.7. The van der Waals surface area contributed by atoms with Gasteiger partial charge in [0.15, 0.2) is 5.54 Å². The molecule has 6 nitrogen and oxygen atoms in total. The molecular weight excluding hydrogens is 166 g/mol. The predicted molar refractivity (Wildman–Crippen MR) is 36.7 cm³/mol. The normalized spacial score (nSPS) is 19.1. The first-order valence-corrected chi connectivity index (χ1v) is 3.28. The Hall–Kier alpha value is -1.30. The smallest absolute Gasteiger partial charge is 0.407 e. The molecule has 0 aliphatic carbocycles. The van der Waals surface area contributed by atoms with Crippen molar-refractivity contribution in [2.45, 2.75) is 5.54 Å². The molecule has 1 rings (SSSR count). The van der Waals surface area contributed by atoms with Crippen molar-refractivity contribution in [2.24, 2.45) is 0 Å². The van der Waals surface area contributed by atoms with E-state index in [-0.39, 0.29) is 13.2 Å². The highest BCUT2D eigenvalue weighted by Crippen LogP contribution is 2.16. The molecule has 0 atom stereocenters. The second-order valence-corrected chi connectivity index (χ2v) is 2.50. The Morgan fingerprint density at radius 1 is 1.58 bits per heavy atom. The maximum absolute atomic E-state index is 10.7. The highest BCUT2D eigenvalue weighted by Gasteiger charge is 2.48. The van der Waals surface area contributed by atoms with E-state index in [9.17, 15) is 9.59 Å². The Kier molecular flexibility index (Phi) is 2.18. The van der Waals surface area contributed by atoms with Crippen molar-refractivity contribution in [1.29, 1.82) is 0 Å². The van der Waals surface area contributed by atoms with Crippen molar-refractivity contribution < 1.29 is 24.2 Å². The fourth-order valence-corrected chi connectivity index (χ4v) is 0.802. The van der Waals surface area contributed by atoms with E-state index in [2.05, 4.69) is 10.1 Å². The monoisotopic (exact) mass is 175 g/mol. The zero-order chi connectivity index (χ0) is 9.19. The average Bonchev–Trinajstić information content (AvgIpc) is 1.95. The lowest BCUT2D eigenvalue weighted by atomic mass is 9.98. The van der Waals surface area contributed by atoms with Crippen LogP contribution < -0.4 is 5.32 Å². The van der Waals surface area contributed by atoms with Gasteiger partial charge in [0.2, 0.25) is 0 Å². The number of methoxy groups -OCH3 is 1. The summed E-state index contributed by atoms with van der Waals surface area (Å²) < 4.78 is 8.96. The molecule has 6 heteroatoms. The molecular formula is C6H9NO5. The lowest BCUT2D eigenvalue weighted by Crippen LogP contribution is -2.67. The van der Waals surface area contributed by atoms with Gasteiger partial charge < -0.3 is 19.9 Å². The van der Waals surface area contributed by atoms with Crippen LogP contribution in [0.4, 0.5) is 4.79 Å². The number of carbonyl (C=O) groups excluding carboxylic acids is 1. The summed E-state index contributed by atoms with van der Waals surface area (Å²) in [6.07, 6.45) is -0.763. The zero-order valence-corrected chi connectivity index (χ0v) is 6.49. The molecule has 12 heavy (non-hydrogen) atoms. The van der Waals surface area contributed by atoms with Gasteiger partial charge in [-0.15, -0.1) is 0 Å². The number of hydrogen-bond donors (Lipinski definition) is 2. The molecule has 0 spiro atoms. The number of nitrogens with one attached hydrogen (secondary N) is 1. The van der Waals surface area contributed by atoms with Crippen LogP contribution in [-0.2, 0) is 14.3 Å². The van der Waals surface area contributed by atoms with Gasteiger partial charge in [0, 0.05) is 0 Å². The Morgan fingerprint density at radius 3 is 2.42 bits per heavy atom. The minimum Gasteiger partial charge on any atom is -0.479 e. The number of rotatable bonds is 2. The highest BCUT2D eigenvalue weighted by atomic mass is 16.5. The molecule has 1 aliphatic rings. The molecule has 0 aromatic carbocycles. The lowest BCUT2D eigenvalue weighted by Gasteiger charge is -2.36. The SMILES string of the molecule is COC(=O)NC1(C(=O)O)COC1. The third-order valence-corrected chi connectivity index (χ3v) is 1.63. The third kappa shape index (κ3) is 1.33. The van der Waals surface area contributed by atoms with Gasteiger partial charge in [0.1, 0.15) is 0 Å². The number of ether oxygens (including phenoxy) is 2. The van der Waals surface area contributed by atoms with Crippen molar-refractivity contribution in [3.8, 4) is 0 Å².